The van der Waals surface area contributed by atoms with Gasteiger partial charge in [-0.3, -0.25) is 0 Å². The van der Waals surface area contributed by atoms with Gasteiger partial charge in [-0.1, -0.05) is 12.2 Å². The lowest BCUT2D eigenvalue weighted by Crippen LogP contribution is -2.28. The molecule has 2 aliphatic rings. The van der Waals surface area contributed by atoms with Crippen LogP contribution in [0.5, 0.6) is 5.75 Å². The summed E-state index contributed by atoms with van der Waals surface area (Å²) in [6.07, 6.45) is 8.61. The zero-order chi connectivity index (χ0) is 15.6. The van der Waals surface area contributed by atoms with Crippen LogP contribution in [0.4, 0.5) is 0 Å². The normalized spacial score (nSPS) is 26.5. The van der Waals surface area contributed by atoms with Crippen LogP contribution < -0.4 is 10.1 Å². The highest BCUT2D eigenvalue weighted by molar-refractivity contribution is 7.90. The molecule has 22 heavy (non-hydrogen) atoms. The summed E-state index contributed by atoms with van der Waals surface area (Å²) in [6.45, 7) is 2.46. The second-order valence-electron chi connectivity index (χ2n) is 6.34. The fraction of sp³-hybridized carbons (Fsp3) is 0.529. The van der Waals surface area contributed by atoms with Crippen molar-refractivity contribution >= 4 is 9.84 Å². The Morgan fingerprint density at radius 1 is 1.18 bits per heavy atom. The predicted octanol–water partition coefficient (Wildman–Crippen LogP) is 2.27. The maximum atomic E-state index is 11.4. The van der Waals surface area contributed by atoms with Crippen LogP contribution in [0.2, 0.25) is 0 Å². The Labute approximate surface area is 132 Å². The highest BCUT2D eigenvalue weighted by Gasteiger charge is 2.34. The molecule has 0 aromatic heterocycles. The monoisotopic (exact) mass is 321 g/mol. The minimum absolute atomic E-state index is 0.322. The molecule has 0 heterocycles. The van der Waals surface area contributed by atoms with E-state index < -0.39 is 9.84 Å². The third-order valence-corrected chi connectivity index (χ3v) is 5.75. The molecule has 0 amide bonds. The van der Waals surface area contributed by atoms with E-state index in [-0.39, 0.29) is 0 Å². The number of sulfone groups is 1. The highest BCUT2D eigenvalue weighted by atomic mass is 32.2. The number of hydrogen-bond acceptors (Lipinski definition) is 4. The Morgan fingerprint density at radius 3 is 2.55 bits per heavy atom. The van der Waals surface area contributed by atoms with E-state index in [1.54, 1.807) is 24.3 Å². The summed E-state index contributed by atoms with van der Waals surface area (Å²) in [5, 5.41) is 3.46. The standard InChI is InChI=1S/C17H23NO3S/c1-22(19,20)17-6-4-16(5-7-17)21-9-8-18-12-15-11-13-2-3-14(15)10-13/h2-7,13-15,18H,8-12H2,1H3. The molecule has 1 aromatic carbocycles. The van der Waals surface area contributed by atoms with E-state index in [1.807, 2.05) is 0 Å². The number of hydrogen-bond donors (Lipinski definition) is 1. The van der Waals surface area contributed by atoms with Crippen molar-refractivity contribution in [3.63, 3.8) is 0 Å². The molecule has 2 aliphatic carbocycles. The smallest absolute Gasteiger partial charge is 0.175 e. The second-order valence-corrected chi connectivity index (χ2v) is 8.35. The first kappa shape index (κ1) is 15.6. The van der Waals surface area contributed by atoms with Gasteiger partial charge >= 0.3 is 0 Å². The molecule has 3 unspecified atom stereocenters. The van der Waals surface area contributed by atoms with Crippen molar-refractivity contribution in [1.82, 2.24) is 5.32 Å². The van der Waals surface area contributed by atoms with Crippen LogP contribution in [0.1, 0.15) is 12.8 Å². The van der Waals surface area contributed by atoms with Gasteiger partial charge in [0.2, 0.25) is 0 Å². The van der Waals surface area contributed by atoms with E-state index in [2.05, 4.69) is 17.5 Å². The molecule has 3 atom stereocenters. The maximum Gasteiger partial charge on any atom is 0.175 e. The average molecular weight is 321 g/mol. The van der Waals surface area contributed by atoms with Gasteiger partial charge in [-0.2, -0.15) is 0 Å². The first-order valence-corrected chi connectivity index (χ1v) is 9.73. The number of allylic oxidation sites excluding steroid dienone is 2. The number of nitrogens with one attached hydrogen (secondary N) is 1. The van der Waals surface area contributed by atoms with E-state index in [0.717, 1.165) is 30.8 Å². The lowest BCUT2D eigenvalue weighted by molar-refractivity contribution is 0.304. The van der Waals surface area contributed by atoms with E-state index in [9.17, 15) is 8.42 Å². The molecule has 1 aromatic rings. The molecule has 0 radical (unpaired) electrons. The Balaban J connectivity index is 1.36. The van der Waals surface area contributed by atoms with Crippen molar-refractivity contribution in [3.05, 3.63) is 36.4 Å². The fourth-order valence-corrected chi connectivity index (χ4v) is 4.07. The van der Waals surface area contributed by atoms with Gasteiger partial charge in [0.1, 0.15) is 12.4 Å². The average Bonchev–Trinajstić information content (AvgIpc) is 3.09. The molecule has 0 saturated heterocycles. The minimum Gasteiger partial charge on any atom is -0.492 e. The summed E-state index contributed by atoms with van der Waals surface area (Å²) >= 11 is 0. The lowest BCUT2D eigenvalue weighted by Gasteiger charge is -2.18. The summed E-state index contributed by atoms with van der Waals surface area (Å²) in [4.78, 5) is 0.322. The molecule has 1 N–H and O–H groups in total. The third kappa shape index (κ3) is 3.70. The molecule has 1 saturated carbocycles. The van der Waals surface area contributed by atoms with Gasteiger partial charge in [0.05, 0.1) is 4.90 Å². The van der Waals surface area contributed by atoms with Crippen molar-refractivity contribution < 1.29 is 13.2 Å². The number of fused-ring (bicyclic) bond motifs is 2. The van der Waals surface area contributed by atoms with Crippen LogP contribution in [0.15, 0.2) is 41.3 Å². The van der Waals surface area contributed by atoms with Gasteiger partial charge in [-0.15, -0.1) is 0 Å². The van der Waals surface area contributed by atoms with E-state index in [0.29, 0.717) is 17.3 Å². The van der Waals surface area contributed by atoms with Gasteiger partial charge in [0.25, 0.3) is 0 Å². The lowest BCUT2D eigenvalue weighted by atomic mass is 9.94. The zero-order valence-corrected chi connectivity index (χ0v) is 13.7. The van der Waals surface area contributed by atoms with Gasteiger partial charge in [-0.25, -0.2) is 8.42 Å². The first-order valence-electron chi connectivity index (χ1n) is 7.84. The molecule has 4 nitrogen and oxygen atoms in total. The van der Waals surface area contributed by atoms with Crippen LogP contribution >= 0.6 is 0 Å². The predicted molar refractivity (Wildman–Crippen MR) is 86.8 cm³/mol. The zero-order valence-electron chi connectivity index (χ0n) is 12.9. The largest absolute Gasteiger partial charge is 0.492 e. The highest BCUT2D eigenvalue weighted by Crippen LogP contribution is 2.42. The molecule has 1 fully saturated rings. The molecule has 5 heteroatoms. The van der Waals surface area contributed by atoms with Crippen LogP contribution in [-0.4, -0.2) is 34.4 Å². The first-order chi connectivity index (χ1) is 10.5. The molecular formula is C17H23NO3S. The number of benzene rings is 1. The number of rotatable bonds is 7. The Hall–Kier alpha value is -1.33. The van der Waals surface area contributed by atoms with Crippen molar-refractivity contribution in [2.24, 2.45) is 17.8 Å². The summed E-state index contributed by atoms with van der Waals surface area (Å²) in [5.74, 6) is 3.09. The molecule has 0 spiro atoms. The third-order valence-electron chi connectivity index (χ3n) is 4.62. The van der Waals surface area contributed by atoms with Gasteiger partial charge in [-0.05, 0) is 61.4 Å². The van der Waals surface area contributed by atoms with Crippen LogP contribution in [0.3, 0.4) is 0 Å². The molecule has 120 valence electrons. The molecule has 2 bridgehead atoms. The van der Waals surface area contributed by atoms with Crippen molar-refractivity contribution in [2.75, 3.05) is 26.0 Å². The van der Waals surface area contributed by atoms with Gasteiger partial charge in [0.15, 0.2) is 9.84 Å². The summed E-state index contributed by atoms with van der Waals surface area (Å²) < 4.78 is 28.4. The van der Waals surface area contributed by atoms with E-state index >= 15 is 0 Å². The maximum absolute atomic E-state index is 11.4. The summed E-state index contributed by atoms with van der Waals surface area (Å²) in [6, 6.07) is 6.58. The molecular weight excluding hydrogens is 298 g/mol. The number of ether oxygens (including phenoxy) is 1. The van der Waals surface area contributed by atoms with Crippen molar-refractivity contribution in [2.45, 2.75) is 17.7 Å². The SMILES string of the molecule is CS(=O)(=O)c1ccc(OCCNCC2CC3C=CC2C3)cc1. The molecule has 0 aliphatic heterocycles. The topological polar surface area (TPSA) is 55.4 Å². The van der Waals surface area contributed by atoms with Crippen molar-refractivity contribution in [1.29, 1.82) is 0 Å². The summed E-state index contributed by atoms with van der Waals surface area (Å²) in [5.41, 5.74) is 0. The van der Waals surface area contributed by atoms with Crippen LogP contribution in [0, 0.1) is 17.8 Å². The van der Waals surface area contributed by atoms with Crippen molar-refractivity contribution in [3.8, 4) is 5.75 Å². The summed E-state index contributed by atoms with van der Waals surface area (Å²) in [7, 11) is -3.14. The molecule has 3 rings (SSSR count). The van der Waals surface area contributed by atoms with Gasteiger partial charge < -0.3 is 10.1 Å². The van der Waals surface area contributed by atoms with Crippen LogP contribution in [-0.2, 0) is 9.84 Å². The second kappa shape index (κ2) is 6.42. The van der Waals surface area contributed by atoms with E-state index in [1.165, 1.54) is 19.1 Å². The van der Waals surface area contributed by atoms with Gasteiger partial charge in [0, 0.05) is 12.8 Å². The Morgan fingerprint density at radius 2 is 1.95 bits per heavy atom. The van der Waals surface area contributed by atoms with E-state index in [4.69, 9.17) is 4.74 Å². The van der Waals surface area contributed by atoms with Crippen LogP contribution in [0.25, 0.3) is 0 Å². The Kier molecular flexibility index (Phi) is 4.54. The fourth-order valence-electron chi connectivity index (χ4n) is 3.44. The quantitative estimate of drug-likeness (QED) is 0.618. The minimum atomic E-state index is -3.14. The Bertz CT molecular complexity index is 636.